The van der Waals surface area contributed by atoms with E-state index in [0.717, 1.165) is 11.1 Å². The van der Waals surface area contributed by atoms with E-state index in [0.29, 0.717) is 16.5 Å². The number of methoxy groups -OCH3 is 2. The smallest absolute Gasteiger partial charge is 0.162 e. The van der Waals surface area contributed by atoms with E-state index in [1.807, 2.05) is 6.07 Å². The zero-order valence-electron chi connectivity index (χ0n) is 11.6. The van der Waals surface area contributed by atoms with Crippen molar-refractivity contribution in [2.45, 2.75) is 11.8 Å². The van der Waals surface area contributed by atoms with Gasteiger partial charge in [0.15, 0.2) is 11.5 Å². The number of hydrogen-bond donors (Lipinski definition) is 0. The van der Waals surface area contributed by atoms with Gasteiger partial charge in [0.25, 0.3) is 0 Å². The van der Waals surface area contributed by atoms with Gasteiger partial charge in [-0.3, -0.25) is 0 Å². The minimum Gasteiger partial charge on any atom is -0.493 e. The van der Waals surface area contributed by atoms with E-state index in [9.17, 15) is 0 Å². The molecule has 0 N–H and O–H groups in total. The first-order valence-corrected chi connectivity index (χ1v) is 7.48. The highest BCUT2D eigenvalue weighted by Gasteiger charge is 2.17. The van der Waals surface area contributed by atoms with E-state index in [-0.39, 0.29) is 4.83 Å². The molecule has 0 aliphatic heterocycles. The number of rotatable bonds is 4. The van der Waals surface area contributed by atoms with Gasteiger partial charge >= 0.3 is 0 Å². The molecule has 1 unspecified atom stereocenters. The van der Waals surface area contributed by atoms with Gasteiger partial charge in [0.1, 0.15) is 0 Å². The summed E-state index contributed by atoms with van der Waals surface area (Å²) in [7, 11) is 3.21. The summed E-state index contributed by atoms with van der Waals surface area (Å²) in [5, 5.41) is 0.644. The van der Waals surface area contributed by atoms with E-state index in [2.05, 4.69) is 47.1 Å². The highest BCUT2D eigenvalue weighted by atomic mass is 79.9. The Hall–Kier alpha value is -1.19. The van der Waals surface area contributed by atoms with Crippen LogP contribution in [0, 0.1) is 6.92 Å². The molecule has 0 aliphatic carbocycles. The predicted octanol–water partition coefficient (Wildman–Crippen LogP) is 5.15. The van der Waals surface area contributed by atoms with Gasteiger partial charge in [0.05, 0.1) is 19.0 Å². The maximum Gasteiger partial charge on any atom is 0.162 e. The second kappa shape index (κ2) is 6.51. The topological polar surface area (TPSA) is 18.5 Å². The first-order valence-electron chi connectivity index (χ1n) is 6.19. The quantitative estimate of drug-likeness (QED) is 0.706. The van der Waals surface area contributed by atoms with Crippen molar-refractivity contribution in [1.29, 1.82) is 0 Å². The monoisotopic (exact) mass is 354 g/mol. The maximum atomic E-state index is 6.35. The number of hydrogen-bond acceptors (Lipinski definition) is 2. The average Bonchev–Trinajstić information content (AvgIpc) is 2.47. The Balaban J connectivity index is 2.43. The van der Waals surface area contributed by atoms with Crippen LogP contribution in [0.4, 0.5) is 0 Å². The molecule has 2 aromatic carbocycles. The maximum absolute atomic E-state index is 6.35. The summed E-state index contributed by atoms with van der Waals surface area (Å²) in [5.74, 6) is 1.30. The molecule has 0 saturated heterocycles. The van der Waals surface area contributed by atoms with Crippen LogP contribution in [0.15, 0.2) is 36.4 Å². The summed E-state index contributed by atoms with van der Waals surface area (Å²) in [4.78, 5) is 0.00964. The van der Waals surface area contributed by atoms with E-state index >= 15 is 0 Å². The third-order valence-corrected chi connectivity index (χ3v) is 4.50. The molecule has 2 nitrogen and oxygen atoms in total. The number of ether oxygens (including phenoxy) is 2. The van der Waals surface area contributed by atoms with E-state index in [1.165, 1.54) is 5.56 Å². The Morgan fingerprint density at radius 1 is 1.00 bits per heavy atom. The molecule has 20 heavy (non-hydrogen) atoms. The van der Waals surface area contributed by atoms with E-state index in [1.54, 1.807) is 20.3 Å². The van der Waals surface area contributed by atoms with Crippen LogP contribution in [-0.2, 0) is 0 Å². The highest BCUT2D eigenvalue weighted by molar-refractivity contribution is 9.09. The van der Waals surface area contributed by atoms with Gasteiger partial charge in [-0.2, -0.15) is 0 Å². The Labute approximate surface area is 132 Å². The zero-order chi connectivity index (χ0) is 14.7. The van der Waals surface area contributed by atoms with Gasteiger partial charge in [-0.15, -0.1) is 0 Å². The summed E-state index contributed by atoms with van der Waals surface area (Å²) in [6.07, 6.45) is 0. The Bertz CT molecular complexity index is 596. The molecule has 0 radical (unpaired) electrons. The zero-order valence-corrected chi connectivity index (χ0v) is 14.0. The molecule has 0 saturated carbocycles. The summed E-state index contributed by atoms with van der Waals surface area (Å²) >= 11 is 10.0. The lowest BCUT2D eigenvalue weighted by molar-refractivity contribution is 0.354. The van der Waals surface area contributed by atoms with Crippen LogP contribution in [0.25, 0.3) is 0 Å². The van der Waals surface area contributed by atoms with Gasteiger partial charge < -0.3 is 9.47 Å². The molecular formula is C16H16BrClO2. The van der Waals surface area contributed by atoms with Gasteiger partial charge in [-0.1, -0.05) is 57.4 Å². The van der Waals surface area contributed by atoms with Crippen molar-refractivity contribution in [2.75, 3.05) is 14.2 Å². The number of halogens is 2. The number of benzene rings is 2. The highest BCUT2D eigenvalue weighted by Crippen LogP contribution is 2.41. The van der Waals surface area contributed by atoms with Crippen LogP contribution in [0.5, 0.6) is 11.5 Å². The lowest BCUT2D eigenvalue weighted by Gasteiger charge is -2.16. The third kappa shape index (κ3) is 3.10. The molecule has 0 bridgehead atoms. The normalized spacial score (nSPS) is 12.1. The van der Waals surface area contributed by atoms with Crippen molar-refractivity contribution >= 4 is 27.5 Å². The molecule has 0 aromatic heterocycles. The van der Waals surface area contributed by atoms with Crippen molar-refractivity contribution in [3.05, 3.63) is 58.1 Å². The molecule has 2 rings (SSSR count). The van der Waals surface area contributed by atoms with Gasteiger partial charge in [-0.25, -0.2) is 0 Å². The minimum absolute atomic E-state index is 0.00964. The fourth-order valence-corrected chi connectivity index (χ4v) is 3.06. The minimum atomic E-state index is 0.00964. The molecule has 0 aliphatic rings. The number of alkyl halides is 1. The van der Waals surface area contributed by atoms with Gasteiger partial charge in [0, 0.05) is 11.1 Å². The molecule has 0 spiro atoms. The third-order valence-electron chi connectivity index (χ3n) is 3.15. The predicted molar refractivity (Wildman–Crippen MR) is 86.5 cm³/mol. The van der Waals surface area contributed by atoms with Crippen molar-refractivity contribution in [1.82, 2.24) is 0 Å². The Morgan fingerprint density at radius 2 is 1.55 bits per heavy atom. The SMILES string of the molecule is COc1cc(Cl)c(C(Br)c2ccc(C)cc2)cc1OC. The Morgan fingerprint density at radius 3 is 2.10 bits per heavy atom. The van der Waals surface area contributed by atoms with Gasteiger partial charge in [-0.05, 0) is 24.1 Å². The number of aryl methyl sites for hydroxylation is 1. The fourth-order valence-electron chi connectivity index (χ4n) is 1.98. The first kappa shape index (κ1) is 15.2. The molecule has 1 atom stereocenters. The van der Waals surface area contributed by atoms with Crippen LogP contribution in [0.3, 0.4) is 0 Å². The van der Waals surface area contributed by atoms with Crippen molar-refractivity contribution < 1.29 is 9.47 Å². The summed E-state index contributed by atoms with van der Waals surface area (Å²) in [6.45, 7) is 2.07. The lowest BCUT2D eigenvalue weighted by Crippen LogP contribution is -1.97. The van der Waals surface area contributed by atoms with Gasteiger partial charge in [0.2, 0.25) is 0 Å². The van der Waals surface area contributed by atoms with Crippen molar-refractivity contribution in [3.8, 4) is 11.5 Å². The molecule has 2 aromatic rings. The van der Waals surface area contributed by atoms with Crippen LogP contribution in [0.1, 0.15) is 21.5 Å². The largest absolute Gasteiger partial charge is 0.493 e. The summed E-state index contributed by atoms with van der Waals surface area (Å²) in [6, 6.07) is 12.0. The molecule has 4 heteroatoms. The van der Waals surface area contributed by atoms with Crippen LogP contribution in [-0.4, -0.2) is 14.2 Å². The molecule has 0 fully saturated rings. The van der Waals surface area contributed by atoms with Crippen molar-refractivity contribution in [3.63, 3.8) is 0 Å². The summed E-state index contributed by atoms with van der Waals surface area (Å²) < 4.78 is 10.6. The van der Waals surface area contributed by atoms with E-state index < -0.39 is 0 Å². The summed E-state index contributed by atoms with van der Waals surface area (Å²) in [5.41, 5.74) is 3.32. The van der Waals surface area contributed by atoms with Crippen LogP contribution in [0.2, 0.25) is 5.02 Å². The molecular weight excluding hydrogens is 340 g/mol. The lowest BCUT2D eigenvalue weighted by atomic mass is 10.0. The second-order valence-electron chi connectivity index (χ2n) is 4.50. The van der Waals surface area contributed by atoms with Crippen LogP contribution < -0.4 is 9.47 Å². The fraction of sp³-hybridized carbons (Fsp3) is 0.250. The standard InChI is InChI=1S/C16H16BrClO2/c1-10-4-6-11(7-5-10)16(17)12-8-14(19-2)15(20-3)9-13(12)18/h4-9,16H,1-3H3. The second-order valence-corrected chi connectivity index (χ2v) is 5.82. The molecule has 106 valence electrons. The van der Waals surface area contributed by atoms with Crippen LogP contribution >= 0.6 is 27.5 Å². The van der Waals surface area contributed by atoms with E-state index in [4.69, 9.17) is 21.1 Å². The Kier molecular flexibility index (Phi) is 4.95. The molecule has 0 amide bonds. The average molecular weight is 356 g/mol. The molecule has 0 heterocycles. The van der Waals surface area contributed by atoms with Crippen molar-refractivity contribution in [2.24, 2.45) is 0 Å². The first-order chi connectivity index (χ1) is 9.56.